The minimum absolute atomic E-state index is 0. The summed E-state index contributed by atoms with van der Waals surface area (Å²) in [5, 5.41) is 3.30. The van der Waals surface area contributed by atoms with E-state index < -0.39 is 6.04 Å². The SMILES string of the molecule is COC(=O)[C@@H]1CCCN1C(=O)c1cn2c(n1)CCNCC2.Cl.Cl. The van der Waals surface area contributed by atoms with Gasteiger partial charge in [0.25, 0.3) is 5.91 Å². The average Bonchev–Trinajstić information content (AvgIpc) is 3.08. The number of esters is 1. The highest BCUT2D eigenvalue weighted by atomic mass is 35.5. The van der Waals surface area contributed by atoms with Crippen LogP contribution in [0.25, 0.3) is 0 Å². The molecule has 1 N–H and O–H groups in total. The van der Waals surface area contributed by atoms with Gasteiger partial charge in [-0.25, -0.2) is 9.78 Å². The van der Waals surface area contributed by atoms with Crippen LogP contribution in [0, 0.1) is 0 Å². The number of amides is 1. The maximum absolute atomic E-state index is 12.6. The largest absolute Gasteiger partial charge is 0.467 e. The van der Waals surface area contributed by atoms with Gasteiger partial charge in [-0.05, 0) is 12.8 Å². The van der Waals surface area contributed by atoms with Crippen molar-refractivity contribution in [3.05, 3.63) is 17.7 Å². The quantitative estimate of drug-likeness (QED) is 0.779. The number of aromatic nitrogens is 2. The molecule has 3 heterocycles. The third-order valence-electron chi connectivity index (χ3n) is 4.12. The zero-order valence-electron chi connectivity index (χ0n) is 13.0. The number of likely N-dealkylation sites (tertiary alicyclic amines) is 1. The Balaban J connectivity index is 0.00000132. The molecule has 0 aromatic carbocycles. The summed E-state index contributed by atoms with van der Waals surface area (Å²) < 4.78 is 6.81. The van der Waals surface area contributed by atoms with Gasteiger partial charge in [-0.3, -0.25) is 4.79 Å². The topological polar surface area (TPSA) is 76.5 Å². The van der Waals surface area contributed by atoms with Gasteiger partial charge in [-0.2, -0.15) is 0 Å². The Morgan fingerprint density at radius 3 is 2.83 bits per heavy atom. The second-order valence-corrected chi connectivity index (χ2v) is 5.42. The van der Waals surface area contributed by atoms with Gasteiger partial charge in [-0.1, -0.05) is 0 Å². The zero-order chi connectivity index (χ0) is 14.8. The van der Waals surface area contributed by atoms with Gasteiger partial charge in [0.2, 0.25) is 0 Å². The molecule has 1 amide bonds. The molecule has 0 radical (unpaired) electrons. The second kappa shape index (κ2) is 8.52. The molecule has 0 saturated carbocycles. The maximum Gasteiger partial charge on any atom is 0.328 e. The fourth-order valence-corrected chi connectivity index (χ4v) is 3.01. The molecule has 1 atom stereocenters. The molecule has 2 aliphatic rings. The van der Waals surface area contributed by atoms with Crippen molar-refractivity contribution in [1.82, 2.24) is 19.8 Å². The van der Waals surface area contributed by atoms with Gasteiger partial charge < -0.3 is 19.5 Å². The highest BCUT2D eigenvalue weighted by molar-refractivity contribution is 5.95. The van der Waals surface area contributed by atoms with Crippen molar-refractivity contribution in [1.29, 1.82) is 0 Å². The molecule has 23 heavy (non-hydrogen) atoms. The van der Waals surface area contributed by atoms with Crippen LogP contribution >= 0.6 is 24.8 Å². The van der Waals surface area contributed by atoms with Crippen LogP contribution in [-0.4, -0.2) is 59.1 Å². The first-order valence-electron chi connectivity index (χ1n) is 7.36. The van der Waals surface area contributed by atoms with Crippen molar-refractivity contribution in [3.8, 4) is 0 Å². The van der Waals surface area contributed by atoms with E-state index in [2.05, 4.69) is 10.3 Å². The molecule has 1 saturated heterocycles. The van der Waals surface area contributed by atoms with Gasteiger partial charge in [0.1, 0.15) is 17.6 Å². The van der Waals surface area contributed by atoms with Crippen molar-refractivity contribution in [3.63, 3.8) is 0 Å². The van der Waals surface area contributed by atoms with Gasteiger partial charge in [0.15, 0.2) is 0 Å². The van der Waals surface area contributed by atoms with E-state index in [4.69, 9.17) is 4.74 Å². The number of imidazole rings is 1. The molecule has 0 unspecified atom stereocenters. The molecule has 130 valence electrons. The van der Waals surface area contributed by atoms with E-state index in [1.807, 2.05) is 4.57 Å². The summed E-state index contributed by atoms with van der Waals surface area (Å²) in [4.78, 5) is 30.4. The Kier molecular flexibility index (Phi) is 7.31. The monoisotopic (exact) mass is 364 g/mol. The number of halogens is 2. The maximum atomic E-state index is 12.6. The summed E-state index contributed by atoms with van der Waals surface area (Å²) in [6.45, 7) is 3.16. The second-order valence-electron chi connectivity index (χ2n) is 5.42. The fourth-order valence-electron chi connectivity index (χ4n) is 3.01. The standard InChI is InChI=1S/C14H20N4O3.2ClH/c1-21-14(20)11-3-2-7-18(11)13(19)10-9-17-8-6-15-5-4-12(17)16-10;;/h9,11,15H,2-8H2,1H3;2*1H/t11-;;/m0../s1. The van der Waals surface area contributed by atoms with Gasteiger partial charge >= 0.3 is 5.97 Å². The Labute approximate surface area is 147 Å². The van der Waals surface area contributed by atoms with Crippen molar-refractivity contribution in [2.24, 2.45) is 0 Å². The number of hydrogen-bond donors (Lipinski definition) is 1. The number of nitrogens with zero attached hydrogens (tertiary/aromatic N) is 3. The summed E-state index contributed by atoms with van der Waals surface area (Å²) in [6, 6.07) is -0.467. The lowest BCUT2D eigenvalue weighted by Gasteiger charge is -2.21. The van der Waals surface area contributed by atoms with Crippen LogP contribution in [0.15, 0.2) is 6.20 Å². The first-order valence-corrected chi connectivity index (χ1v) is 7.36. The summed E-state index contributed by atoms with van der Waals surface area (Å²) in [5.74, 6) is 0.416. The van der Waals surface area contributed by atoms with Crippen molar-refractivity contribution >= 4 is 36.7 Å². The van der Waals surface area contributed by atoms with Crippen molar-refractivity contribution in [2.75, 3.05) is 26.7 Å². The molecule has 0 aliphatic carbocycles. The number of nitrogens with one attached hydrogen (secondary N) is 1. The van der Waals surface area contributed by atoms with Gasteiger partial charge in [0, 0.05) is 38.8 Å². The van der Waals surface area contributed by atoms with E-state index in [1.165, 1.54) is 7.11 Å². The van der Waals surface area contributed by atoms with Gasteiger partial charge in [-0.15, -0.1) is 24.8 Å². The fraction of sp³-hybridized carbons (Fsp3) is 0.643. The van der Waals surface area contributed by atoms with E-state index in [9.17, 15) is 9.59 Å². The van der Waals surface area contributed by atoms with Crippen LogP contribution in [0.5, 0.6) is 0 Å². The minimum atomic E-state index is -0.467. The predicted molar refractivity (Wildman–Crippen MR) is 89.4 cm³/mol. The first kappa shape index (κ1) is 19.7. The third kappa shape index (κ3) is 3.97. The van der Waals surface area contributed by atoms with E-state index >= 15 is 0 Å². The van der Waals surface area contributed by atoms with Crippen LogP contribution in [0.4, 0.5) is 0 Å². The molecule has 7 nitrogen and oxygen atoms in total. The average molecular weight is 365 g/mol. The molecule has 1 aromatic heterocycles. The van der Waals surface area contributed by atoms with E-state index in [-0.39, 0.29) is 36.7 Å². The molecular weight excluding hydrogens is 343 g/mol. The van der Waals surface area contributed by atoms with Crippen LogP contribution in [-0.2, 0) is 22.5 Å². The number of rotatable bonds is 2. The van der Waals surface area contributed by atoms with Crippen molar-refractivity contribution < 1.29 is 14.3 Å². The van der Waals surface area contributed by atoms with Crippen molar-refractivity contribution in [2.45, 2.75) is 31.8 Å². The predicted octanol–water partition coefficient (Wildman–Crippen LogP) is 0.650. The summed E-state index contributed by atoms with van der Waals surface area (Å²) in [7, 11) is 1.36. The number of carbonyl (C=O) groups is 2. The summed E-state index contributed by atoms with van der Waals surface area (Å²) >= 11 is 0. The van der Waals surface area contributed by atoms with Crippen LogP contribution in [0.2, 0.25) is 0 Å². The normalized spacial score (nSPS) is 19.9. The van der Waals surface area contributed by atoms with Crippen LogP contribution in [0.3, 0.4) is 0 Å². The minimum Gasteiger partial charge on any atom is -0.467 e. The highest BCUT2D eigenvalue weighted by Crippen LogP contribution is 2.21. The summed E-state index contributed by atoms with van der Waals surface area (Å²) in [5.41, 5.74) is 0.433. The molecule has 9 heteroatoms. The molecule has 2 aliphatic heterocycles. The number of methoxy groups -OCH3 is 1. The number of carbonyl (C=O) groups excluding carboxylic acids is 2. The van der Waals surface area contributed by atoms with Gasteiger partial charge in [0.05, 0.1) is 7.11 Å². The van der Waals surface area contributed by atoms with Crippen LogP contribution in [0.1, 0.15) is 29.2 Å². The number of fused-ring (bicyclic) bond motifs is 1. The molecule has 0 spiro atoms. The third-order valence-corrected chi connectivity index (χ3v) is 4.12. The smallest absolute Gasteiger partial charge is 0.328 e. The molecular formula is C14H22Cl2N4O3. The Bertz CT molecular complexity index is 541. The number of hydrogen-bond acceptors (Lipinski definition) is 5. The molecule has 3 rings (SSSR count). The molecule has 1 aromatic rings. The van der Waals surface area contributed by atoms with E-state index in [0.29, 0.717) is 18.7 Å². The Hall–Kier alpha value is -1.31. The molecule has 1 fully saturated rings. The first-order chi connectivity index (χ1) is 10.2. The van der Waals surface area contributed by atoms with E-state index in [0.717, 1.165) is 38.3 Å². The lowest BCUT2D eigenvalue weighted by Crippen LogP contribution is -2.41. The lowest BCUT2D eigenvalue weighted by molar-refractivity contribution is -0.145. The highest BCUT2D eigenvalue weighted by Gasteiger charge is 2.36. The lowest BCUT2D eigenvalue weighted by atomic mass is 10.2. The van der Waals surface area contributed by atoms with E-state index in [1.54, 1.807) is 11.1 Å². The number of ether oxygens (including phenoxy) is 1. The van der Waals surface area contributed by atoms with Crippen LogP contribution < -0.4 is 5.32 Å². The zero-order valence-corrected chi connectivity index (χ0v) is 14.6. The Morgan fingerprint density at radius 1 is 1.30 bits per heavy atom. The summed E-state index contributed by atoms with van der Waals surface area (Å²) in [6.07, 6.45) is 4.10. The Morgan fingerprint density at radius 2 is 2.09 bits per heavy atom. The molecule has 0 bridgehead atoms.